The summed E-state index contributed by atoms with van der Waals surface area (Å²) in [4.78, 5) is 12.1. The van der Waals surface area contributed by atoms with E-state index in [0.717, 1.165) is 12.8 Å². The summed E-state index contributed by atoms with van der Waals surface area (Å²) in [5.74, 6) is 0.0103. The molecule has 4 nitrogen and oxygen atoms in total. The average molecular weight is 267 g/mol. The van der Waals surface area contributed by atoms with E-state index >= 15 is 0 Å². The smallest absolute Gasteiger partial charge is 0.211 e. The molecule has 1 aromatic rings. The molecule has 1 atom stereocenters. The van der Waals surface area contributed by atoms with Crippen LogP contribution in [0.1, 0.15) is 29.6 Å². The van der Waals surface area contributed by atoms with Gasteiger partial charge in [-0.05, 0) is 12.8 Å². The lowest BCUT2D eigenvalue weighted by atomic mass is 10.0. The summed E-state index contributed by atoms with van der Waals surface area (Å²) < 4.78 is 24.6. The Bertz CT molecular complexity index is 524. The number of hydrogen-bond acceptors (Lipinski definition) is 3. The van der Waals surface area contributed by atoms with Crippen LogP contribution in [0, 0.1) is 0 Å². The summed E-state index contributed by atoms with van der Waals surface area (Å²) in [5.41, 5.74) is 0.651. The van der Waals surface area contributed by atoms with E-state index in [-0.39, 0.29) is 18.2 Å². The van der Waals surface area contributed by atoms with Crippen LogP contribution in [0.25, 0.3) is 0 Å². The van der Waals surface area contributed by atoms with Gasteiger partial charge in [0, 0.05) is 24.6 Å². The van der Waals surface area contributed by atoms with Crippen molar-refractivity contribution < 1.29 is 13.2 Å². The molecule has 0 aromatic heterocycles. The molecule has 1 heterocycles. The number of sulfonamides is 1. The molecule has 2 rings (SSSR count). The number of ketones is 1. The number of Topliss-reactive ketones (excluding diaryl/α,β-unsaturated/α-hetero) is 1. The van der Waals surface area contributed by atoms with Gasteiger partial charge in [-0.3, -0.25) is 4.79 Å². The van der Waals surface area contributed by atoms with Crippen molar-refractivity contribution in [2.24, 2.45) is 0 Å². The maximum Gasteiger partial charge on any atom is 0.211 e. The first kappa shape index (κ1) is 13.2. The monoisotopic (exact) mass is 267 g/mol. The van der Waals surface area contributed by atoms with Gasteiger partial charge in [0.15, 0.2) is 5.78 Å². The molecular weight excluding hydrogens is 250 g/mol. The molecule has 0 aliphatic carbocycles. The van der Waals surface area contributed by atoms with Crippen molar-refractivity contribution in [1.82, 2.24) is 4.31 Å². The predicted octanol–water partition coefficient (Wildman–Crippen LogP) is 1.68. The second-order valence-corrected chi connectivity index (χ2v) is 6.60. The molecule has 0 radical (unpaired) electrons. The number of nitrogens with zero attached hydrogens (tertiary/aromatic N) is 1. The van der Waals surface area contributed by atoms with Crippen molar-refractivity contribution >= 4 is 15.8 Å². The highest BCUT2D eigenvalue weighted by atomic mass is 32.2. The van der Waals surface area contributed by atoms with Crippen LogP contribution in [0.3, 0.4) is 0 Å². The fourth-order valence-electron chi connectivity index (χ4n) is 2.41. The molecule has 0 saturated carbocycles. The number of benzene rings is 1. The molecule has 1 saturated heterocycles. The summed E-state index contributed by atoms with van der Waals surface area (Å²) in [6.07, 6.45) is 3.08. The molecule has 1 fully saturated rings. The van der Waals surface area contributed by atoms with Gasteiger partial charge >= 0.3 is 0 Å². The van der Waals surface area contributed by atoms with Gasteiger partial charge in [0.05, 0.1) is 6.26 Å². The highest BCUT2D eigenvalue weighted by molar-refractivity contribution is 7.88. The lowest BCUT2D eigenvalue weighted by molar-refractivity contribution is 0.0961. The quantitative estimate of drug-likeness (QED) is 0.780. The van der Waals surface area contributed by atoms with Crippen LogP contribution in [-0.2, 0) is 10.0 Å². The highest BCUT2D eigenvalue weighted by Gasteiger charge is 2.32. The summed E-state index contributed by atoms with van der Waals surface area (Å²) >= 11 is 0. The first-order valence-corrected chi connectivity index (χ1v) is 7.88. The van der Waals surface area contributed by atoms with Crippen molar-refractivity contribution in [2.45, 2.75) is 25.3 Å². The van der Waals surface area contributed by atoms with Gasteiger partial charge in [-0.2, -0.15) is 4.31 Å². The Morgan fingerprint density at radius 1 is 1.33 bits per heavy atom. The van der Waals surface area contributed by atoms with Crippen LogP contribution < -0.4 is 0 Å². The number of carbonyl (C=O) groups is 1. The van der Waals surface area contributed by atoms with Crippen molar-refractivity contribution in [2.75, 3.05) is 12.8 Å². The SMILES string of the molecule is CS(=O)(=O)N1CCC[C@H]1CC(=O)c1ccccc1. The van der Waals surface area contributed by atoms with Gasteiger partial charge in [-0.15, -0.1) is 0 Å². The van der Waals surface area contributed by atoms with Crippen LogP contribution in [-0.4, -0.2) is 37.3 Å². The minimum atomic E-state index is -3.20. The third kappa shape index (κ3) is 2.97. The van der Waals surface area contributed by atoms with Crippen LogP contribution >= 0.6 is 0 Å². The zero-order valence-electron chi connectivity index (χ0n) is 10.4. The highest BCUT2D eigenvalue weighted by Crippen LogP contribution is 2.24. The minimum absolute atomic E-state index is 0.0103. The van der Waals surface area contributed by atoms with Crippen LogP contribution in [0.2, 0.25) is 0 Å². The third-order valence-electron chi connectivity index (χ3n) is 3.27. The molecular formula is C13H17NO3S. The average Bonchev–Trinajstić information content (AvgIpc) is 2.78. The Morgan fingerprint density at radius 2 is 2.00 bits per heavy atom. The van der Waals surface area contributed by atoms with Crippen LogP contribution in [0.15, 0.2) is 30.3 Å². The molecule has 1 aliphatic heterocycles. The standard InChI is InChI=1S/C13H17NO3S/c1-18(16,17)14-9-5-8-12(14)10-13(15)11-6-3-2-4-7-11/h2-4,6-7,12H,5,8-10H2,1H3/t12-/m0/s1. The second kappa shape index (κ2) is 5.20. The maximum absolute atomic E-state index is 12.1. The van der Waals surface area contributed by atoms with E-state index in [1.807, 2.05) is 18.2 Å². The number of hydrogen-bond donors (Lipinski definition) is 0. The van der Waals surface area contributed by atoms with E-state index in [9.17, 15) is 13.2 Å². The van der Waals surface area contributed by atoms with Crippen molar-refractivity contribution in [3.05, 3.63) is 35.9 Å². The lowest BCUT2D eigenvalue weighted by Crippen LogP contribution is -2.36. The minimum Gasteiger partial charge on any atom is -0.294 e. The first-order valence-electron chi connectivity index (χ1n) is 6.03. The molecule has 0 N–H and O–H groups in total. The van der Waals surface area contributed by atoms with E-state index in [2.05, 4.69) is 0 Å². The molecule has 0 spiro atoms. The summed E-state index contributed by atoms with van der Waals surface area (Å²) in [6.45, 7) is 0.533. The normalized spacial score (nSPS) is 21.1. The fraction of sp³-hybridized carbons (Fsp3) is 0.462. The van der Waals surface area contributed by atoms with E-state index in [1.165, 1.54) is 10.6 Å². The fourth-order valence-corrected chi connectivity index (χ4v) is 3.59. The molecule has 0 bridgehead atoms. The van der Waals surface area contributed by atoms with Crippen LogP contribution in [0.5, 0.6) is 0 Å². The van der Waals surface area contributed by atoms with Gasteiger partial charge in [-0.25, -0.2) is 8.42 Å². The summed E-state index contributed by atoms with van der Waals surface area (Å²) in [5, 5.41) is 0. The van der Waals surface area contributed by atoms with E-state index < -0.39 is 10.0 Å². The Hall–Kier alpha value is -1.20. The topological polar surface area (TPSA) is 54.5 Å². The van der Waals surface area contributed by atoms with Crippen molar-refractivity contribution in [1.29, 1.82) is 0 Å². The molecule has 1 aliphatic rings. The van der Waals surface area contributed by atoms with Crippen LogP contribution in [0.4, 0.5) is 0 Å². The molecule has 0 amide bonds. The second-order valence-electron chi connectivity index (χ2n) is 4.66. The van der Waals surface area contributed by atoms with Gasteiger partial charge in [0.25, 0.3) is 0 Å². The van der Waals surface area contributed by atoms with Crippen molar-refractivity contribution in [3.63, 3.8) is 0 Å². The van der Waals surface area contributed by atoms with Gasteiger partial charge in [0.2, 0.25) is 10.0 Å². The maximum atomic E-state index is 12.1. The zero-order valence-corrected chi connectivity index (χ0v) is 11.2. The molecule has 98 valence electrons. The number of carbonyl (C=O) groups excluding carboxylic acids is 1. The van der Waals surface area contributed by atoms with Gasteiger partial charge < -0.3 is 0 Å². The molecule has 0 unspecified atom stereocenters. The van der Waals surface area contributed by atoms with Crippen molar-refractivity contribution in [3.8, 4) is 0 Å². The predicted molar refractivity (Wildman–Crippen MR) is 70.0 cm³/mol. The van der Waals surface area contributed by atoms with E-state index in [1.54, 1.807) is 12.1 Å². The van der Waals surface area contributed by atoms with Gasteiger partial charge in [0.1, 0.15) is 0 Å². The Labute approximate surface area is 108 Å². The largest absolute Gasteiger partial charge is 0.294 e. The summed E-state index contributed by atoms with van der Waals surface area (Å²) in [6, 6.07) is 8.85. The molecule has 18 heavy (non-hydrogen) atoms. The Balaban J connectivity index is 2.08. The number of rotatable bonds is 4. The lowest BCUT2D eigenvalue weighted by Gasteiger charge is -2.21. The van der Waals surface area contributed by atoms with E-state index in [0.29, 0.717) is 12.1 Å². The van der Waals surface area contributed by atoms with Gasteiger partial charge in [-0.1, -0.05) is 30.3 Å². The third-order valence-corrected chi connectivity index (χ3v) is 4.60. The molecule has 1 aromatic carbocycles. The molecule has 5 heteroatoms. The Kier molecular flexibility index (Phi) is 3.82. The van der Waals surface area contributed by atoms with E-state index in [4.69, 9.17) is 0 Å². The summed E-state index contributed by atoms with van der Waals surface area (Å²) in [7, 11) is -3.20. The Morgan fingerprint density at radius 3 is 2.61 bits per heavy atom. The first-order chi connectivity index (χ1) is 8.48. The zero-order chi connectivity index (χ0) is 13.2.